The van der Waals surface area contributed by atoms with Gasteiger partial charge in [0.15, 0.2) is 0 Å². The maximum atomic E-state index is 14.7. The Bertz CT molecular complexity index is 1610. The third-order valence-corrected chi connectivity index (χ3v) is 7.30. The molecule has 1 atom stereocenters. The van der Waals surface area contributed by atoms with Crippen LogP contribution in [0.5, 0.6) is 0 Å². The van der Waals surface area contributed by atoms with E-state index in [0.717, 1.165) is 31.6 Å². The smallest absolute Gasteiger partial charge is 0.372 e. The molecule has 1 fully saturated rings. The van der Waals surface area contributed by atoms with Gasteiger partial charge in [0.1, 0.15) is 5.82 Å². The highest BCUT2D eigenvalue weighted by atomic mass is 19.4. The van der Waals surface area contributed by atoms with E-state index in [0.29, 0.717) is 27.5 Å². The Labute approximate surface area is 210 Å². The molecule has 5 nitrogen and oxygen atoms in total. The summed E-state index contributed by atoms with van der Waals surface area (Å²) in [5.74, 6) is -0.402. The molecule has 0 bridgehead atoms. The molecule has 1 aliphatic heterocycles. The third-order valence-electron chi connectivity index (χ3n) is 7.30. The number of benzene rings is 3. The van der Waals surface area contributed by atoms with Crippen molar-refractivity contribution in [2.75, 3.05) is 18.0 Å². The van der Waals surface area contributed by atoms with E-state index in [9.17, 15) is 22.7 Å². The Morgan fingerprint density at radius 2 is 1.57 bits per heavy atom. The van der Waals surface area contributed by atoms with E-state index >= 15 is 0 Å². The Kier molecular flexibility index (Phi) is 5.31. The first kappa shape index (κ1) is 23.5. The predicted octanol–water partition coefficient (Wildman–Crippen LogP) is 6.05. The van der Waals surface area contributed by atoms with Crippen molar-refractivity contribution in [2.45, 2.75) is 24.6 Å². The summed E-state index contributed by atoms with van der Waals surface area (Å²) in [6, 6.07) is 15.1. The van der Waals surface area contributed by atoms with Crippen LogP contribution in [0.3, 0.4) is 0 Å². The second-order valence-electron chi connectivity index (χ2n) is 9.56. The highest BCUT2D eigenvalue weighted by molar-refractivity contribution is 5.89. The van der Waals surface area contributed by atoms with Crippen molar-refractivity contribution in [1.29, 1.82) is 0 Å². The third kappa shape index (κ3) is 3.68. The van der Waals surface area contributed by atoms with Gasteiger partial charge in [-0.3, -0.25) is 0 Å². The average Bonchev–Trinajstić information content (AvgIpc) is 3.62. The van der Waals surface area contributed by atoms with Crippen LogP contribution in [0.4, 0.5) is 23.2 Å². The van der Waals surface area contributed by atoms with Gasteiger partial charge in [0.2, 0.25) is 5.60 Å². The topological polar surface area (TPSA) is 46.2 Å². The van der Waals surface area contributed by atoms with Gasteiger partial charge in [-0.25, -0.2) is 9.07 Å². The molecule has 1 aliphatic rings. The van der Waals surface area contributed by atoms with Crippen molar-refractivity contribution < 1.29 is 22.7 Å². The summed E-state index contributed by atoms with van der Waals surface area (Å²) in [7, 11) is 1.69. The molecule has 0 aliphatic carbocycles. The summed E-state index contributed by atoms with van der Waals surface area (Å²) in [6.07, 6.45) is -0.0209. The van der Waals surface area contributed by atoms with Gasteiger partial charge in [0, 0.05) is 48.4 Å². The molecule has 3 aromatic carbocycles. The molecular weight excluding hydrogens is 484 g/mol. The summed E-state index contributed by atoms with van der Waals surface area (Å²) in [5, 5.41) is 16.5. The van der Waals surface area contributed by atoms with Gasteiger partial charge in [0.25, 0.3) is 0 Å². The first-order chi connectivity index (χ1) is 17.7. The normalized spacial score (nSPS) is 16.1. The van der Waals surface area contributed by atoms with E-state index < -0.39 is 17.6 Å². The average molecular weight is 509 g/mol. The Morgan fingerprint density at radius 3 is 2.27 bits per heavy atom. The Morgan fingerprint density at radius 1 is 0.865 bits per heavy atom. The monoisotopic (exact) mass is 508 g/mol. The fraction of sp³-hybridized carbons (Fsp3) is 0.250. The lowest BCUT2D eigenvalue weighted by Gasteiger charge is -2.31. The molecule has 0 amide bonds. The maximum absolute atomic E-state index is 14.7. The van der Waals surface area contributed by atoms with Gasteiger partial charge in [0.05, 0.1) is 22.9 Å². The lowest BCUT2D eigenvalue weighted by molar-refractivity contribution is -0.247. The zero-order valence-corrected chi connectivity index (χ0v) is 20.0. The fourth-order valence-electron chi connectivity index (χ4n) is 5.35. The molecule has 3 heterocycles. The number of aryl methyl sites for hydroxylation is 1. The van der Waals surface area contributed by atoms with Crippen LogP contribution in [0.1, 0.15) is 24.0 Å². The first-order valence-electron chi connectivity index (χ1n) is 12.0. The lowest BCUT2D eigenvalue weighted by atomic mass is 9.85. The van der Waals surface area contributed by atoms with E-state index in [1.54, 1.807) is 17.7 Å². The van der Waals surface area contributed by atoms with Crippen molar-refractivity contribution in [2.24, 2.45) is 7.05 Å². The number of fused-ring (bicyclic) bond motifs is 2. The molecule has 5 aromatic rings. The van der Waals surface area contributed by atoms with E-state index in [4.69, 9.17) is 0 Å². The van der Waals surface area contributed by atoms with Crippen molar-refractivity contribution in [3.8, 4) is 5.69 Å². The zero-order chi connectivity index (χ0) is 25.9. The van der Waals surface area contributed by atoms with E-state index in [-0.39, 0.29) is 11.1 Å². The van der Waals surface area contributed by atoms with Crippen LogP contribution in [0.25, 0.3) is 27.5 Å². The molecule has 0 spiro atoms. The molecular formula is C28H24F4N4O. The van der Waals surface area contributed by atoms with Crippen molar-refractivity contribution in [1.82, 2.24) is 14.3 Å². The van der Waals surface area contributed by atoms with Crippen LogP contribution in [0.2, 0.25) is 0 Å². The second kappa shape index (κ2) is 8.34. The minimum atomic E-state index is -4.99. The molecule has 1 N–H and O–H groups in total. The molecule has 2 aromatic heterocycles. The maximum Gasteiger partial charge on any atom is 0.425 e. The summed E-state index contributed by atoms with van der Waals surface area (Å²) in [6.45, 7) is 1.84. The van der Waals surface area contributed by atoms with Crippen molar-refractivity contribution in [3.05, 3.63) is 90.0 Å². The number of halogens is 4. The summed E-state index contributed by atoms with van der Waals surface area (Å²) in [5.41, 5.74) is -1.09. The molecule has 1 saturated heterocycles. The highest BCUT2D eigenvalue weighted by Crippen LogP contribution is 2.48. The quantitative estimate of drug-likeness (QED) is 0.301. The van der Waals surface area contributed by atoms with Gasteiger partial charge in [-0.1, -0.05) is 12.1 Å². The number of aliphatic hydroxyl groups is 1. The summed E-state index contributed by atoms with van der Waals surface area (Å²) < 4.78 is 60.7. The first-order valence-corrected chi connectivity index (χ1v) is 12.0. The van der Waals surface area contributed by atoms with E-state index in [2.05, 4.69) is 10.00 Å². The standard InChI is InChI=1S/C28H24F4N4O/c1-34-17-24(23-10-9-22(15-26(23)34)35-12-2-3-13-35)27(37,28(30,31)32)19-4-11-25-18(14-19)16-33-36(25)21-7-5-20(29)6-8-21/h4-11,14-17,37H,2-3,12-13H2,1H3. The van der Waals surface area contributed by atoms with Crippen LogP contribution < -0.4 is 4.90 Å². The van der Waals surface area contributed by atoms with Gasteiger partial charge in [-0.15, -0.1) is 0 Å². The Hall–Kier alpha value is -3.85. The number of alkyl halides is 3. The molecule has 190 valence electrons. The number of rotatable bonds is 4. The lowest BCUT2D eigenvalue weighted by Crippen LogP contribution is -2.43. The van der Waals surface area contributed by atoms with Gasteiger partial charge < -0.3 is 14.6 Å². The molecule has 1 unspecified atom stereocenters. The number of aromatic nitrogens is 3. The van der Waals surface area contributed by atoms with Crippen molar-refractivity contribution in [3.63, 3.8) is 0 Å². The highest BCUT2D eigenvalue weighted by Gasteiger charge is 2.57. The summed E-state index contributed by atoms with van der Waals surface area (Å²) in [4.78, 5) is 2.22. The van der Waals surface area contributed by atoms with Crippen molar-refractivity contribution >= 4 is 27.5 Å². The van der Waals surface area contributed by atoms with E-state index in [1.807, 2.05) is 12.1 Å². The van der Waals surface area contributed by atoms with E-state index in [1.165, 1.54) is 59.5 Å². The number of hydrogen-bond acceptors (Lipinski definition) is 3. The SMILES string of the molecule is Cn1cc(C(O)(c2ccc3c(cnn3-c3ccc(F)cc3)c2)C(F)(F)F)c2ccc(N3CCCC3)cc21. The van der Waals surface area contributed by atoms with Crippen LogP contribution in [-0.4, -0.2) is 38.7 Å². The molecule has 37 heavy (non-hydrogen) atoms. The Balaban J connectivity index is 1.49. The number of anilines is 1. The molecule has 9 heteroatoms. The van der Waals surface area contributed by atoms with Gasteiger partial charge in [-0.05, 0) is 66.9 Å². The number of nitrogens with zero attached hydrogens (tertiary/aromatic N) is 4. The largest absolute Gasteiger partial charge is 0.425 e. The predicted molar refractivity (Wildman–Crippen MR) is 134 cm³/mol. The molecule has 6 rings (SSSR count). The van der Waals surface area contributed by atoms with Crippen LogP contribution >= 0.6 is 0 Å². The minimum absolute atomic E-state index is 0.226. The minimum Gasteiger partial charge on any atom is -0.372 e. The van der Waals surface area contributed by atoms with Crippen LogP contribution in [-0.2, 0) is 12.6 Å². The summed E-state index contributed by atoms with van der Waals surface area (Å²) >= 11 is 0. The second-order valence-corrected chi connectivity index (χ2v) is 9.56. The fourth-order valence-corrected chi connectivity index (χ4v) is 5.35. The molecule has 0 saturated carbocycles. The van der Waals surface area contributed by atoms with Crippen LogP contribution in [0, 0.1) is 5.82 Å². The van der Waals surface area contributed by atoms with Crippen LogP contribution in [0.15, 0.2) is 73.1 Å². The van der Waals surface area contributed by atoms with Gasteiger partial charge in [-0.2, -0.15) is 18.3 Å². The zero-order valence-electron chi connectivity index (χ0n) is 20.0. The van der Waals surface area contributed by atoms with Gasteiger partial charge >= 0.3 is 6.18 Å². The molecule has 0 radical (unpaired) electrons. The number of hydrogen-bond donors (Lipinski definition) is 1.